The van der Waals surface area contributed by atoms with E-state index in [1.54, 1.807) is 31.2 Å². The second-order valence-corrected chi connectivity index (χ2v) is 6.49. The minimum absolute atomic E-state index is 0.00930. The molecule has 29 heavy (non-hydrogen) atoms. The lowest BCUT2D eigenvalue weighted by molar-refractivity contribution is -0.153. The summed E-state index contributed by atoms with van der Waals surface area (Å²) in [5, 5.41) is 0. The molecule has 0 saturated carbocycles. The van der Waals surface area contributed by atoms with Gasteiger partial charge in [-0.25, -0.2) is 0 Å². The lowest BCUT2D eigenvalue weighted by Gasteiger charge is -2.18. The van der Waals surface area contributed by atoms with Crippen molar-refractivity contribution >= 4 is 5.91 Å². The number of benzene rings is 2. The van der Waals surface area contributed by atoms with Gasteiger partial charge in [-0.15, -0.1) is 0 Å². The molecule has 2 aromatic rings. The highest BCUT2D eigenvalue weighted by atomic mass is 19.4. The first-order valence-corrected chi connectivity index (χ1v) is 8.95. The second-order valence-electron chi connectivity index (χ2n) is 6.49. The number of hydrogen-bond acceptors (Lipinski definition) is 4. The van der Waals surface area contributed by atoms with Crippen LogP contribution in [0.15, 0.2) is 42.5 Å². The van der Waals surface area contributed by atoms with Crippen LogP contribution in [0.3, 0.4) is 0 Å². The Morgan fingerprint density at radius 1 is 1.00 bits per heavy atom. The molecule has 0 fully saturated rings. The van der Waals surface area contributed by atoms with Crippen LogP contribution in [0, 0.1) is 0 Å². The SMILES string of the molecule is COc1cccc(CN(C)C(=O)CCc2ccc(OCC(F)(F)F)c(OC)c2)c1. The molecule has 1 amide bonds. The summed E-state index contributed by atoms with van der Waals surface area (Å²) >= 11 is 0. The van der Waals surface area contributed by atoms with Crippen molar-refractivity contribution in [2.24, 2.45) is 0 Å². The number of ether oxygens (including phenoxy) is 3. The van der Waals surface area contributed by atoms with Crippen LogP contribution in [-0.4, -0.2) is 44.9 Å². The van der Waals surface area contributed by atoms with Gasteiger partial charge in [0.2, 0.25) is 5.91 Å². The van der Waals surface area contributed by atoms with Crippen LogP contribution < -0.4 is 14.2 Å². The van der Waals surface area contributed by atoms with Crippen molar-refractivity contribution in [2.75, 3.05) is 27.9 Å². The van der Waals surface area contributed by atoms with Crippen molar-refractivity contribution < 1.29 is 32.2 Å². The van der Waals surface area contributed by atoms with Crippen LogP contribution in [0.2, 0.25) is 0 Å². The Hall–Kier alpha value is -2.90. The van der Waals surface area contributed by atoms with Crippen LogP contribution in [-0.2, 0) is 17.8 Å². The van der Waals surface area contributed by atoms with Crippen LogP contribution in [0.25, 0.3) is 0 Å². The number of alkyl halides is 3. The van der Waals surface area contributed by atoms with Gasteiger partial charge in [0, 0.05) is 20.0 Å². The molecule has 0 aliphatic carbocycles. The first kappa shape index (κ1) is 22.4. The molecule has 5 nitrogen and oxygen atoms in total. The van der Waals surface area contributed by atoms with E-state index in [0.29, 0.717) is 13.0 Å². The van der Waals surface area contributed by atoms with Gasteiger partial charge in [0.1, 0.15) is 5.75 Å². The molecule has 0 unspecified atom stereocenters. The highest BCUT2D eigenvalue weighted by Crippen LogP contribution is 2.30. The summed E-state index contributed by atoms with van der Waals surface area (Å²) in [4.78, 5) is 14.0. The molecule has 0 heterocycles. The molecule has 2 rings (SSSR count). The largest absolute Gasteiger partial charge is 0.497 e. The molecular weight excluding hydrogens is 387 g/mol. The fourth-order valence-electron chi connectivity index (χ4n) is 2.72. The van der Waals surface area contributed by atoms with E-state index in [4.69, 9.17) is 14.2 Å². The average molecular weight is 411 g/mol. The highest BCUT2D eigenvalue weighted by molar-refractivity contribution is 5.76. The zero-order valence-electron chi connectivity index (χ0n) is 16.6. The number of methoxy groups -OCH3 is 2. The van der Waals surface area contributed by atoms with E-state index < -0.39 is 12.8 Å². The van der Waals surface area contributed by atoms with Crippen LogP contribution in [0.5, 0.6) is 17.2 Å². The Balaban J connectivity index is 1.93. The highest BCUT2D eigenvalue weighted by Gasteiger charge is 2.29. The van der Waals surface area contributed by atoms with E-state index in [2.05, 4.69) is 0 Å². The molecule has 0 radical (unpaired) electrons. The van der Waals surface area contributed by atoms with Gasteiger partial charge in [0.25, 0.3) is 0 Å². The monoisotopic (exact) mass is 411 g/mol. The van der Waals surface area contributed by atoms with E-state index in [0.717, 1.165) is 16.9 Å². The predicted molar refractivity (Wildman–Crippen MR) is 102 cm³/mol. The first-order valence-electron chi connectivity index (χ1n) is 8.95. The van der Waals surface area contributed by atoms with Crippen molar-refractivity contribution in [3.8, 4) is 17.2 Å². The molecular formula is C21H24F3NO4. The van der Waals surface area contributed by atoms with Crippen LogP contribution in [0.4, 0.5) is 13.2 Å². The molecule has 0 N–H and O–H groups in total. The maximum absolute atomic E-state index is 12.4. The van der Waals surface area contributed by atoms with Gasteiger partial charge in [-0.05, 0) is 41.8 Å². The summed E-state index contributed by atoms with van der Waals surface area (Å²) in [7, 11) is 4.66. The summed E-state index contributed by atoms with van der Waals surface area (Å²) in [5.41, 5.74) is 1.72. The maximum Gasteiger partial charge on any atom is 0.422 e. The van der Waals surface area contributed by atoms with E-state index in [9.17, 15) is 18.0 Å². The van der Waals surface area contributed by atoms with Gasteiger partial charge >= 0.3 is 6.18 Å². The Kier molecular flexibility index (Phi) is 7.75. The molecule has 0 saturated heterocycles. The third-order valence-electron chi connectivity index (χ3n) is 4.23. The lowest BCUT2D eigenvalue weighted by Crippen LogP contribution is -2.26. The predicted octanol–water partition coefficient (Wildman–Crippen LogP) is 4.24. The van der Waals surface area contributed by atoms with Crippen molar-refractivity contribution in [3.63, 3.8) is 0 Å². The third kappa shape index (κ3) is 7.21. The number of rotatable bonds is 9. The summed E-state index contributed by atoms with van der Waals surface area (Å²) in [6.45, 7) is -0.945. The third-order valence-corrected chi connectivity index (χ3v) is 4.23. The number of hydrogen-bond donors (Lipinski definition) is 0. The molecule has 8 heteroatoms. The van der Waals surface area contributed by atoms with Gasteiger partial charge < -0.3 is 19.1 Å². The quantitative estimate of drug-likeness (QED) is 0.620. The molecule has 0 spiro atoms. The van der Waals surface area contributed by atoms with Gasteiger partial charge in [-0.2, -0.15) is 13.2 Å². The van der Waals surface area contributed by atoms with Crippen molar-refractivity contribution in [1.82, 2.24) is 4.90 Å². The first-order chi connectivity index (χ1) is 13.7. The summed E-state index contributed by atoms with van der Waals surface area (Å²) < 4.78 is 52.0. The van der Waals surface area contributed by atoms with Crippen molar-refractivity contribution in [3.05, 3.63) is 53.6 Å². The fraction of sp³-hybridized carbons (Fsp3) is 0.381. The fourth-order valence-corrected chi connectivity index (χ4v) is 2.72. The van der Waals surface area contributed by atoms with E-state index >= 15 is 0 Å². The Morgan fingerprint density at radius 3 is 2.41 bits per heavy atom. The van der Waals surface area contributed by atoms with E-state index in [1.807, 2.05) is 24.3 Å². The van der Waals surface area contributed by atoms with Gasteiger partial charge in [0.05, 0.1) is 14.2 Å². The lowest BCUT2D eigenvalue weighted by atomic mass is 10.1. The Labute approximate surface area is 168 Å². The smallest absolute Gasteiger partial charge is 0.422 e. The van der Waals surface area contributed by atoms with E-state index in [-0.39, 0.29) is 23.8 Å². The van der Waals surface area contributed by atoms with Crippen LogP contribution in [0.1, 0.15) is 17.5 Å². The summed E-state index contributed by atoms with van der Waals surface area (Å²) in [6, 6.07) is 12.1. The van der Waals surface area contributed by atoms with Crippen LogP contribution >= 0.6 is 0 Å². The topological polar surface area (TPSA) is 48.0 Å². The van der Waals surface area contributed by atoms with Gasteiger partial charge in [0.15, 0.2) is 18.1 Å². The average Bonchev–Trinajstić information content (AvgIpc) is 2.70. The Morgan fingerprint density at radius 2 is 1.76 bits per heavy atom. The number of carbonyl (C=O) groups is 1. The summed E-state index contributed by atoms with van der Waals surface area (Å²) in [5.74, 6) is 0.881. The minimum atomic E-state index is -4.43. The van der Waals surface area contributed by atoms with Crippen molar-refractivity contribution in [1.29, 1.82) is 0 Å². The zero-order chi connectivity index (χ0) is 21.4. The van der Waals surface area contributed by atoms with Crippen molar-refractivity contribution in [2.45, 2.75) is 25.6 Å². The number of halogens is 3. The number of nitrogens with zero attached hydrogens (tertiary/aromatic N) is 1. The molecule has 0 aromatic heterocycles. The summed E-state index contributed by atoms with van der Waals surface area (Å²) in [6.07, 6.45) is -3.74. The number of carbonyl (C=O) groups excluding carboxylic acids is 1. The normalized spacial score (nSPS) is 11.1. The zero-order valence-corrected chi connectivity index (χ0v) is 16.6. The minimum Gasteiger partial charge on any atom is -0.497 e. The second kappa shape index (κ2) is 10.0. The van der Waals surface area contributed by atoms with Gasteiger partial charge in [-0.3, -0.25) is 4.79 Å². The molecule has 0 aliphatic heterocycles. The number of aryl methyl sites for hydroxylation is 1. The standard InChI is InChI=1S/C21H24F3NO4/c1-25(13-16-5-4-6-17(11-16)27-2)20(26)10-8-15-7-9-18(19(12-15)28-3)29-14-21(22,23)24/h4-7,9,11-12H,8,10,13-14H2,1-3H3. The van der Waals surface area contributed by atoms with E-state index in [1.165, 1.54) is 13.2 Å². The molecule has 158 valence electrons. The molecule has 0 aliphatic rings. The Bertz CT molecular complexity index is 824. The molecule has 0 bridgehead atoms. The van der Waals surface area contributed by atoms with Gasteiger partial charge in [-0.1, -0.05) is 18.2 Å². The number of amides is 1. The molecule has 2 aromatic carbocycles. The molecule has 0 atom stereocenters. The maximum atomic E-state index is 12.4.